The molecular weight excluding hydrogens is 293 g/mol. The van der Waals surface area contributed by atoms with Gasteiger partial charge in [-0.05, 0) is 55.5 Å². The molecule has 0 saturated heterocycles. The summed E-state index contributed by atoms with van der Waals surface area (Å²) < 4.78 is 14.3. The van der Waals surface area contributed by atoms with Gasteiger partial charge in [0.2, 0.25) is 0 Å². The van der Waals surface area contributed by atoms with Crippen molar-refractivity contribution < 1.29 is 4.39 Å². The maximum absolute atomic E-state index is 13.5. The topological polar surface area (TPSA) is 12.0 Å². The zero-order valence-corrected chi connectivity index (χ0v) is 13.1. The third-order valence-corrected chi connectivity index (χ3v) is 3.42. The van der Waals surface area contributed by atoms with Gasteiger partial charge in [0.1, 0.15) is 5.82 Å². The summed E-state index contributed by atoms with van der Waals surface area (Å²) >= 11 is 3.36. The maximum Gasteiger partial charge on any atom is 0.124 e. The first-order chi connectivity index (χ1) is 8.52. The van der Waals surface area contributed by atoms with Crippen LogP contribution in [0.1, 0.15) is 51.6 Å². The molecule has 0 aliphatic carbocycles. The van der Waals surface area contributed by atoms with Crippen LogP contribution in [0.4, 0.5) is 4.39 Å². The van der Waals surface area contributed by atoms with E-state index in [0.29, 0.717) is 5.92 Å². The highest BCUT2D eigenvalue weighted by molar-refractivity contribution is 9.10. The smallest absolute Gasteiger partial charge is 0.124 e. The van der Waals surface area contributed by atoms with Crippen LogP contribution in [-0.4, -0.2) is 6.54 Å². The van der Waals surface area contributed by atoms with E-state index in [1.807, 2.05) is 6.07 Å². The molecule has 0 amide bonds. The molecule has 1 aromatic carbocycles. The third kappa shape index (κ3) is 5.49. The predicted octanol–water partition coefficient (Wildman–Crippen LogP) is 5.07. The van der Waals surface area contributed by atoms with Crippen molar-refractivity contribution in [1.82, 2.24) is 5.32 Å². The summed E-state index contributed by atoms with van der Waals surface area (Å²) in [5.74, 6) is 0.500. The van der Waals surface area contributed by atoms with Gasteiger partial charge in [-0.2, -0.15) is 0 Å². The first-order valence-electron chi connectivity index (χ1n) is 6.72. The van der Waals surface area contributed by atoms with Crippen LogP contribution in [0.5, 0.6) is 0 Å². The summed E-state index contributed by atoms with van der Waals surface area (Å²) in [4.78, 5) is 0. The molecule has 1 unspecified atom stereocenters. The van der Waals surface area contributed by atoms with Crippen molar-refractivity contribution in [2.45, 2.75) is 46.1 Å². The zero-order valence-electron chi connectivity index (χ0n) is 11.5. The molecule has 1 atom stereocenters. The van der Waals surface area contributed by atoms with E-state index in [2.05, 4.69) is 42.0 Å². The fourth-order valence-corrected chi connectivity index (χ4v) is 2.46. The van der Waals surface area contributed by atoms with Crippen LogP contribution in [-0.2, 0) is 0 Å². The first-order valence-corrected chi connectivity index (χ1v) is 7.51. The number of halogens is 2. The quantitative estimate of drug-likeness (QED) is 0.741. The van der Waals surface area contributed by atoms with Gasteiger partial charge in [-0.15, -0.1) is 0 Å². The fraction of sp³-hybridized carbons (Fsp3) is 0.600. The van der Waals surface area contributed by atoms with Gasteiger partial charge in [-0.25, -0.2) is 4.39 Å². The number of hydrogen-bond acceptors (Lipinski definition) is 1. The van der Waals surface area contributed by atoms with Gasteiger partial charge >= 0.3 is 0 Å². The molecule has 0 radical (unpaired) electrons. The minimum Gasteiger partial charge on any atom is -0.310 e. The molecule has 3 heteroatoms. The molecule has 0 bridgehead atoms. The SMILES string of the molecule is CCCNC(CCC(C)C)c1cc(F)cc(Br)c1. The van der Waals surface area contributed by atoms with E-state index in [9.17, 15) is 4.39 Å². The normalized spacial score (nSPS) is 13.0. The minimum atomic E-state index is -0.174. The van der Waals surface area contributed by atoms with Crippen LogP contribution in [0.25, 0.3) is 0 Å². The van der Waals surface area contributed by atoms with Crippen molar-refractivity contribution in [2.24, 2.45) is 5.92 Å². The van der Waals surface area contributed by atoms with E-state index in [0.717, 1.165) is 35.8 Å². The molecule has 0 heterocycles. The molecule has 1 nitrogen and oxygen atoms in total. The second kappa shape index (κ2) is 7.90. The average Bonchev–Trinajstić information content (AvgIpc) is 2.27. The molecule has 18 heavy (non-hydrogen) atoms. The van der Waals surface area contributed by atoms with Crippen molar-refractivity contribution >= 4 is 15.9 Å². The monoisotopic (exact) mass is 315 g/mol. The zero-order chi connectivity index (χ0) is 13.5. The molecule has 0 aliphatic heterocycles. The molecular formula is C15H23BrFN. The highest BCUT2D eigenvalue weighted by Gasteiger charge is 2.13. The lowest BCUT2D eigenvalue weighted by molar-refractivity contribution is 0.439. The molecule has 0 aliphatic rings. The standard InChI is InChI=1S/C15H23BrFN/c1-4-7-18-15(6-5-11(2)3)12-8-13(16)10-14(17)9-12/h8-11,15,18H,4-7H2,1-3H3. The van der Waals surface area contributed by atoms with Gasteiger partial charge in [0.15, 0.2) is 0 Å². The van der Waals surface area contributed by atoms with Crippen molar-refractivity contribution in [3.63, 3.8) is 0 Å². The van der Waals surface area contributed by atoms with Crippen LogP contribution >= 0.6 is 15.9 Å². The number of hydrogen-bond donors (Lipinski definition) is 1. The molecule has 1 N–H and O–H groups in total. The molecule has 1 aromatic rings. The summed E-state index contributed by atoms with van der Waals surface area (Å²) in [7, 11) is 0. The molecule has 0 aromatic heterocycles. The lowest BCUT2D eigenvalue weighted by Crippen LogP contribution is -2.22. The third-order valence-electron chi connectivity index (χ3n) is 2.96. The summed E-state index contributed by atoms with van der Waals surface area (Å²) in [5.41, 5.74) is 1.04. The molecule has 1 rings (SSSR count). The Hall–Kier alpha value is -0.410. The number of rotatable bonds is 7. The van der Waals surface area contributed by atoms with Crippen molar-refractivity contribution in [2.75, 3.05) is 6.54 Å². The Morgan fingerprint density at radius 1 is 1.22 bits per heavy atom. The van der Waals surface area contributed by atoms with E-state index in [1.54, 1.807) is 6.07 Å². The Morgan fingerprint density at radius 3 is 2.50 bits per heavy atom. The van der Waals surface area contributed by atoms with Crippen LogP contribution in [0.2, 0.25) is 0 Å². The predicted molar refractivity (Wildman–Crippen MR) is 79.2 cm³/mol. The second-order valence-corrected chi connectivity index (χ2v) is 6.10. The highest BCUT2D eigenvalue weighted by atomic mass is 79.9. The Kier molecular flexibility index (Phi) is 6.87. The van der Waals surface area contributed by atoms with E-state index in [4.69, 9.17) is 0 Å². The summed E-state index contributed by atoms with van der Waals surface area (Å²) in [6, 6.07) is 5.40. The van der Waals surface area contributed by atoms with Crippen LogP contribution < -0.4 is 5.32 Å². The summed E-state index contributed by atoms with van der Waals surface area (Å²) in [5, 5.41) is 3.51. The maximum atomic E-state index is 13.5. The van der Waals surface area contributed by atoms with Crippen molar-refractivity contribution in [3.05, 3.63) is 34.1 Å². The largest absolute Gasteiger partial charge is 0.310 e. The van der Waals surface area contributed by atoms with Crippen molar-refractivity contribution in [3.8, 4) is 0 Å². The van der Waals surface area contributed by atoms with Gasteiger partial charge in [-0.3, -0.25) is 0 Å². The summed E-state index contributed by atoms with van der Waals surface area (Å²) in [6.45, 7) is 7.56. The van der Waals surface area contributed by atoms with Gasteiger partial charge in [0.05, 0.1) is 0 Å². The van der Waals surface area contributed by atoms with E-state index < -0.39 is 0 Å². The Balaban J connectivity index is 2.79. The minimum absolute atomic E-state index is 0.174. The van der Waals surface area contributed by atoms with Gasteiger partial charge < -0.3 is 5.32 Å². The molecule has 0 spiro atoms. The van der Waals surface area contributed by atoms with Gasteiger partial charge in [0.25, 0.3) is 0 Å². The van der Waals surface area contributed by atoms with Crippen LogP contribution in [0.3, 0.4) is 0 Å². The van der Waals surface area contributed by atoms with Crippen molar-refractivity contribution in [1.29, 1.82) is 0 Å². The van der Waals surface area contributed by atoms with E-state index in [-0.39, 0.29) is 11.9 Å². The number of nitrogens with one attached hydrogen (secondary N) is 1. The Morgan fingerprint density at radius 2 is 1.94 bits per heavy atom. The first kappa shape index (κ1) is 15.6. The molecule has 102 valence electrons. The molecule has 0 saturated carbocycles. The second-order valence-electron chi connectivity index (χ2n) is 5.18. The highest BCUT2D eigenvalue weighted by Crippen LogP contribution is 2.25. The van der Waals surface area contributed by atoms with E-state index >= 15 is 0 Å². The molecule has 0 fully saturated rings. The van der Waals surface area contributed by atoms with Gasteiger partial charge in [-0.1, -0.05) is 36.7 Å². The number of benzene rings is 1. The average molecular weight is 316 g/mol. The Bertz CT molecular complexity index is 345. The van der Waals surface area contributed by atoms with Gasteiger partial charge in [0, 0.05) is 10.5 Å². The Labute approximate surface area is 118 Å². The lowest BCUT2D eigenvalue weighted by atomic mass is 9.97. The van der Waals surface area contributed by atoms with Crippen LogP contribution in [0, 0.1) is 11.7 Å². The fourth-order valence-electron chi connectivity index (χ4n) is 1.98. The van der Waals surface area contributed by atoms with Crippen LogP contribution in [0.15, 0.2) is 22.7 Å². The summed E-state index contributed by atoms with van der Waals surface area (Å²) in [6.07, 6.45) is 3.29. The van der Waals surface area contributed by atoms with E-state index in [1.165, 1.54) is 6.07 Å². The lowest BCUT2D eigenvalue weighted by Gasteiger charge is -2.20.